The lowest BCUT2D eigenvalue weighted by Gasteiger charge is -2.21. The highest BCUT2D eigenvalue weighted by molar-refractivity contribution is 14.1. The van der Waals surface area contributed by atoms with Crippen LogP contribution in [0, 0.1) is 10.7 Å². The number of carbonyl (C=O) groups excluding carboxylic acids is 3. The van der Waals surface area contributed by atoms with Crippen LogP contribution in [0.3, 0.4) is 0 Å². The zero-order valence-electron chi connectivity index (χ0n) is 15.0. The molecule has 0 aliphatic rings. The second-order valence-electron chi connectivity index (χ2n) is 5.77. The van der Waals surface area contributed by atoms with Crippen molar-refractivity contribution in [1.82, 2.24) is 5.32 Å². The van der Waals surface area contributed by atoms with Gasteiger partial charge in [-0.3, -0.25) is 14.4 Å². The lowest BCUT2D eigenvalue weighted by atomic mass is 10.1. The van der Waals surface area contributed by atoms with Crippen molar-refractivity contribution in [3.63, 3.8) is 0 Å². The molecule has 0 aliphatic carbocycles. The Kier molecular flexibility index (Phi) is 10.6. The van der Waals surface area contributed by atoms with Crippen LogP contribution < -0.4 is 16.4 Å². The van der Waals surface area contributed by atoms with E-state index in [0.29, 0.717) is 16.4 Å². The Morgan fingerprint density at radius 1 is 1.07 bits per heavy atom. The van der Waals surface area contributed by atoms with E-state index >= 15 is 0 Å². The average Bonchev–Trinajstić information content (AvgIpc) is 2.58. The van der Waals surface area contributed by atoms with Gasteiger partial charge in [-0.2, -0.15) is 0 Å². The number of primary amides is 1. The van der Waals surface area contributed by atoms with E-state index in [1.807, 2.05) is 67.8 Å². The van der Waals surface area contributed by atoms with E-state index in [2.05, 4.69) is 10.6 Å². The van der Waals surface area contributed by atoms with Crippen LogP contribution in [0.5, 0.6) is 0 Å². The van der Waals surface area contributed by atoms with Gasteiger partial charge in [0.15, 0.2) is 0 Å². The van der Waals surface area contributed by atoms with Crippen LogP contribution in [0.25, 0.3) is 0 Å². The quantitative estimate of drug-likeness (QED) is 0.188. The van der Waals surface area contributed by atoms with Crippen molar-refractivity contribution in [2.24, 2.45) is 5.73 Å². The minimum absolute atomic E-state index is 0.180. The monoisotopic (exact) mass is 731 g/mol. The molecule has 0 heterocycles. The van der Waals surface area contributed by atoms with Crippen LogP contribution in [0.2, 0.25) is 0 Å². The molecule has 1 rings (SSSR count). The summed E-state index contributed by atoms with van der Waals surface area (Å²) in [6, 6.07) is -0.837. The van der Waals surface area contributed by atoms with Gasteiger partial charge in [-0.15, -0.1) is 0 Å². The Bertz CT molecular complexity index is 771. The molecule has 1 atom stereocenters. The summed E-state index contributed by atoms with van der Waals surface area (Å²) in [6.07, 6.45) is -0.439. The molecule has 0 fully saturated rings. The van der Waals surface area contributed by atoms with E-state index in [4.69, 9.17) is 10.5 Å². The Morgan fingerprint density at radius 3 is 2.07 bits per heavy atom. The molecule has 0 saturated heterocycles. The molecule has 2 amide bonds. The van der Waals surface area contributed by atoms with E-state index in [-0.39, 0.29) is 17.7 Å². The minimum Gasteiger partial charge on any atom is -0.461 e. The Morgan fingerprint density at radius 2 is 1.61 bits per heavy atom. The van der Waals surface area contributed by atoms with Gasteiger partial charge in [-0.05, 0) is 74.7 Å². The van der Waals surface area contributed by atoms with Crippen LogP contribution in [-0.4, -0.2) is 59.9 Å². The van der Waals surface area contributed by atoms with Gasteiger partial charge in [0.05, 0.1) is 49.8 Å². The van der Waals surface area contributed by atoms with Crippen molar-refractivity contribution >= 4 is 91.2 Å². The molecule has 28 heavy (non-hydrogen) atoms. The highest BCUT2D eigenvalue weighted by Crippen LogP contribution is 2.35. The van der Waals surface area contributed by atoms with Crippen molar-refractivity contribution in [3.05, 3.63) is 21.8 Å². The van der Waals surface area contributed by atoms with Gasteiger partial charge in [0.2, 0.25) is 0 Å². The number of esters is 1. The molecule has 0 aromatic heterocycles. The molecule has 0 aliphatic heterocycles. The van der Waals surface area contributed by atoms with E-state index in [0.717, 1.165) is 0 Å². The molecule has 0 spiro atoms. The van der Waals surface area contributed by atoms with Gasteiger partial charge in [-0.25, -0.2) is 0 Å². The number of ether oxygens (including phenoxy) is 1. The third-order valence-corrected chi connectivity index (χ3v) is 6.74. The zero-order chi connectivity index (χ0) is 21.6. The summed E-state index contributed by atoms with van der Waals surface area (Å²) in [5.41, 5.74) is 6.40. The van der Waals surface area contributed by atoms with E-state index in [1.165, 1.54) is 6.92 Å². The molecule has 9 nitrogen and oxygen atoms in total. The summed E-state index contributed by atoms with van der Waals surface area (Å²) in [6.45, 7) is 2.39. The number of carbonyl (C=O) groups is 3. The highest BCUT2D eigenvalue weighted by Gasteiger charge is 2.28. The molecule has 1 aromatic rings. The minimum atomic E-state index is -0.837. The number of nitrogens with one attached hydrogen (secondary N) is 2. The number of rotatable bonds is 9. The Labute approximate surface area is 202 Å². The molecular weight excluding hydrogens is 711 g/mol. The van der Waals surface area contributed by atoms with Crippen LogP contribution in [0.4, 0.5) is 5.69 Å². The predicted octanol–water partition coefficient (Wildman–Crippen LogP) is 1.05. The van der Waals surface area contributed by atoms with E-state index < -0.39 is 43.1 Å². The summed E-state index contributed by atoms with van der Waals surface area (Å²) >= 11 is 5.82. The number of hydrogen-bond acceptors (Lipinski definition) is 7. The van der Waals surface area contributed by atoms with Crippen molar-refractivity contribution in [2.45, 2.75) is 26.0 Å². The first-order valence-electron chi connectivity index (χ1n) is 7.98. The predicted molar refractivity (Wildman–Crippen MR) is 128 cm³/mol. The lowest BCUT2D eigenvalue weighted by molar-refractivity contribution is -0.144. The van der Waals surface area contributed by atoms with Crippen LogP contribution in [-0.2, 0) is 9.53 Å². The summed E-state index contributed by atoms with van der Waals surface area (Å²) in [5.74, 6) is -1.67. The molecule has 12 heteroatoms. The molecule has 0 saturated carbocycles. The van der Waals surface area contributed by atoms with Crippen LogP contribution in [0.15, 0.2) is 0 Å². The third-order valence-electron chi connectivity index (χ3n) is 3.50. The van der Waals surface area contributed by atoms with Crippen molar-refractivity contribution in [3.8, 4) is 0 Å². The van der Waals surface area contributed by atoms with Gasteiger partial charge < -0.3 is 31.3 Å². The molecule has 0 radical (unpaired) electrons. The second kappa shape index (κ2) is 11.7. The maximum absolute atomic E-state index is 12.7. The molecular formula is C16H20I3N3O6. The van der Waals surface area contributed by atoms with E-state index in [1.54, 1.807) is 6.92 Å². The van der Waals surface area contributed by atoms with Gasteiger partial charge in [0.25, 0.3) is 11.8 Å². The molecule has 1 unspecified atom stereocenters. The van der Waals surface area contributed by atoms with Crippen LogP contribution in [0.1, 0.15) is 34.6 Å². The fourth-order valence-electron chi connectivity index (χ4n) is 2.21. The van der Waals surface area contributed by atoms with Crippen molar-refractivity contribution < 1.29 is 29.3 Å². The second-order valence-corrected chi connectivity index (χ2v) is 9.00. The lowest BCUT2D eigenvalue weighted by Crippen LogP contribution is -2.41. The first-order chi connectivity index (χ1) is 13.0. The molecule has 6 N–H and O–H groups in total. The van der Waals surface area contributed by atoms with Gasteiger partial charge in [-0.1, -0.05) is 0 Å². The normalized spacial score (nSPS) is 11.9. The number of nitrogens with two attached hydrogens (primary N) is 1. The maximum atomic E-state index is 12.7. The summed E-state index contributed by atoms with van der Waals surface area (Å²) in [4.78, 5) is 35.8. The van der Waals surface area contributed by atoms with E-state index in [9.17, 15) is 24.6 Å². The number of hydrogen-bond donors (Lipinski definition) is 5. The first kappa shape index (κ1) is 25.6. The average molecular weight is 731 g/mol. The summed E-state index contributed by atoms with van der Waals surface area (Å²) < 4.78 is 6.50. The highest BCUT2D eigenvalue weighted by atomic mass is 127. The summed E-state index contributed by atoms with van der Waals surface area (Å²) in [7, 11) is 0. The SMILES string of the molecule is CC(=O)OC(C)CNc1c(I)c(C(N)=O)c(I)c(C(=O)NC(CO)CO)c1I. The zero-order valence-corrected chi connectivity index (χ0v) is 21.5. The smallest absolute Gasteiger partial charge is 0.302 e. The fraction of sp³-hybridized carbons (Fsp3) is 0.438. The molecule has 156 valence electrons. The molecule has 0 bridgehead atoms. The maximum Gasteiger partial charge on any atom is 0.302 e. The van der Waals surface area contributed by atoms with Gasteiger partial charge >= 0.3 is 5.97 Å². The standard InChI is InChI=1S/C16H20I3N3O6/c1-6(28-7(2)25)3-21-14-12(18)9(15(20)26)11(17)10(13(14)19)16(27)22-8(4-23)5-24/h6,8,21,23-24H,3-5H2,1-2H3,(H2,20,26)(H,22,27). The van der Waals surface area contributed by atoms with Crippen molar-refractivity contribution in [2.75, 3.05) is 25.1 Å². The topological polar surface area (TPSA) is 151 Å². The number of amides is 2. The van der Waals surface area contributed by atoms with Crippen molar-refractivity contribution in [1.29, 1.82) is 0 Å². The number of anilines is 1. The third kappa shape index (κ3) is 6.53. The number of benzene rings is 1. The Balaban J connectivity index is 3.40. The van der Waals surface area contributed by atoms with Crippen LogP contribution >= 0.6 is 67.8 Å². The van der Waals surface area contributed by atoms with Gasteiger partial charge in [0.1, 0.15) is 6.10 Å². The first-order valence-corrected chi connectivity index (χ1v) is 11.2. The Hall–Kier alpha value is -0.460. The van der Waals surface area contributed by atoms with Gasteiger partial charge in [0, 0.05) is 10.5 Å². The fourth-order valence-corrected chi connectivity index (χ4v) is 6.78. The number of halogens is 3. The number of aliphatic hydroxyl groups is 2. The summed E-state index contributed by atoms with van der Waals surface area (Å²) in [5, 5.41) is 24.0. The number of aliphatic hydroxyl groups excluding tert-OH is 2. The molecule has 1 aromatic carbocycles. The largest absolute Gasteiger partial charge is 0.461 e.